The SMILES string of the molecule is CCC(CC)C(=O)C=C(O)C(CC)CC.Cc1[c-]c(-c2nccc3c2ccc2c(F)c(-c4ccccc4)ccc23)cc(C)c1.[Ir]. The van der Waals surface area contributed by atoms with Gasteiger partial charge in [0.2, 0.25) is 0 Å². The number of hydrogen-bond acceptors (Lipinski definition) is 3. The Kier molecular flexibility index (Phi) is 13.2. The van der Waals surface area contributed by atoms with Crippen molar-refractivity contribution in [2.75, 3.05) is 0 Å². The van der Waals surface area contributed by atoms with Crippen LogP contribution in [0.2, 0.25) is 0 Å². The number of pyridine rings is 1. The van der Waals surface area contributed by atoms with Gasteiger partial charge in [-0.3, -0.25) is 4.79 Å². The molecule has 5 heteroatoms. The van der Waals surface area contributed by atoms with Gasteiger partial charge in [-0.15, -0.1) is 34.9 Å². The largest absolute Gasteiger partial charge is 0.512 e. The molecular formula is C40H43FIrNO2-. The number of rotatable bonds is 9. The van der Waals surface area contributed by atoms with Gasteiger partial charge in [-0.25, -0.2) is 4.39 Å². The predicted molar refractivity (Wildman–Crippen MR) is 182 cm³/mol. The van der Waals surface area contributed by atoms with E-state index in [4.69, 9.17) is 0 Å². The minimum absolute atomic E-state index is 0. The number of aromatic nitrogens is 1. The molecule has 1 aromatic heterocycles. The first-order valence-electron chi connectivity index (χ1n) is 15.7. The predicted octanol–water partition coefficient (Wildman–Crippen LogP) is 11.1. The molecule has 0 saturated carbocycles. The molecule has 1 radical (unpaired) electrons. The average molecular weight is 781 g/mol. The van der Waals surface area contributed by atoms with E-state index in [1.54, 1.807) is 6.20 Å². The van der Waals surface area contributed by atoms with Crippen molar-refractivity contribution < 1.29 is 34.4 Å². The summed E-state index contributed by atoms with van der Waals surface area (Å²) in [5.74, 6) is 0.359. The Labute approximate surface area is 281 Å². The van der Waals surface area contributed by atoms with Crippen molar-refractivity contribution in [2.45, 2.75) is 67.2 Å². The molecule has 0 aliphatic carbocycles. The van der Waals surface area contributed by atoms with Crippen molar-refractivity contribution in [1.82, 2.24) is 4.98 Å². The van der Waals surface area contributed by atoms with Crippen molar-refractivity contribution >= 4 is 27.3 Å². The first-order chi connectivity index (χ1) is 21.2. The normalized spacial score (nSPS) is 11.4. The van der Waals surface area contributed by atoms with Gasteiger partial charge in [0.25, 0.3) is 0 Å². The number of aryl methyl sites for hydroxylation is 2. The third kappa shape index (κ3) is 8.34. The molecule has 3 nitrogen and oxygen atoms in total. The fourth-order valence-electron chi connectivity index (χ4n) is 5.89. The summed E-state index contributed by atoms with van der Waals surface area (Å²) in [6.07, 6.45) is 6.70. The molecule has 0 unspecified atom stereocenters. The molecule has 5 rings (SSSR count). The molecule has 1 heterocycles. The van der Waals surface area contributed by atoms with Crippen LogP contribution in [-0.4, -0.2) is 15.9 Å². The Balaban J connectivity index is 0.000000297. The monoisotopic (exact) mass is 781 g/mol. The van der Waals surface area contributed by atoms with E-state index in [2.05, 4.69) is 30.1 Å². The molecule has 1 N–H and O–H groups in total. The van der Waals surface area contributed by atoms with E-state index >= 15 is 4.39 Å². The number of ketones is 1. The van der Waals surface area contributed by atoms with E-state index in [1.807, 2.05) is 95.3 Å². The quantitative estimate of drug-likeness (QED) is 0.0701. The first kappa shape index (κ1) is 35.8. The summed E-state index contributed by atoms with van der Waals surface area (Å²) in [6, 6.07) is 27.0. The summed E-state index contributed by atoms with van der Waals surface area (Å²) >= 11 is 0. The second-order valence-electron chi connectivity index (χ2n) is 11.5. The Morgan fingerprint density at radius 1 is 0.822 bits per heavy atom. The van der Waals surface area contributed by atoms with E-state index < -0.39 is 0 Å². The van der Waals surface area contributed by atoms with Crippen LogP contribution in [0.25, 0.3) is 43.9 Å². The first-order valence-corrected chi connectivity index (χ1v) is 15.7. The minimum atomic E-state index is -0.188. The third-order valence-electron chi connectivity index (χ3n) is 8.45. The molecular weight excluding hydrogens is 738 g/mol. The van der Waals surface area contributed by atoms with E-state index in [0.29, 0.717) is 10.9 Å². The van der Waals surface area contributed by atoms with Crippen molar-refractivity contribution in [2.24, 2.45) is 11.8 Å². The fraction of sp³-hybridized carbons (Fsp3) is 0.300. The van der Waals surface area contributed by atoms with Crippen LogP contribution < -0.4 is 0 Å². The van der Waals surface area contributed by atoms with Gasteiger partial charge in [-0.1, -0.05) is 96.1 Å². The van der Waals surface area contributed by atoms with Gasteiger partial charge in [0.1, 0.15) is 5.82 Å². The van der Waals surface area contributed by atoms with Crippen LogP contribution in [0.4, 0.5) is 4.39 Å². The van der Waals surface area contributed by atoms with Gasteiger partial charge in [0, 0.05) is 55.2 Å². The molecule has 0 bridgehead atoms. The van der Waals surface area contributed by atoms with Crippen LogP contribution in [0, 0.1) is 37.6 Å². The molecule has 0 atom stereocenters. The summed E-state index contributed by atoms with van der Waals surface area (Å²) < 4.78 is 15.4. The number of nitrogens with zero attached hydrogens (tertiary/aromatic N) is 1. The van der Waals surface area contributed by atoms with E-state index in [0.717, 1.165) is 64.2 Å². The summed E-state index contributed by atoms with van der Waals surface area (Å²) in [5, 5.41) is 13.3. The Hall–Kier alpha value is -3.66. The van der Waals surface area contributed by atoms with Crippen LogP contribution in [0.3, 0.4) is 0 Å². The molecule has 0 aliphatic rings. The molecule has 0 aliphatic heterocycles. The zero-order valence-corrected chi connectivity index (χ0v) is 29.5. The number of halogens is 1. The van der Waals surface area contributed by atoms with Crippen LogP contribution in [-0.2, 0) is 24.9 Å². The average Bonchev–Trinajstić information content (AvgIpc) is 3.02. The fourth-order valence-corrected chi connectivity index (χ4v) is 5.89. The topological polar surface area (TPSA) is 50.2 Å². The van der Waals surface area contributed by atoms with Crippen molar-refractivity contribution in [3.8, 4) is 22.4 Å². The molecule has 237 valence electrons. The summed E-state index contributed by atoms with van der Waals surface area (Å²) in [7, 11) is 0. The second-order valence-corrected chi connectivity index (χ2v) is 11.5. The van der Waals surface area contributed by atoms with Gasteiger partial charge < -0.3 is 10.1 Å². The molecule has 0 amide bonds. The summed E-state index contributed by atoms with van der Waals surface area (Å²) in [4.78, 5) is 16.3. The van der Waals surface area contributed by atoms with E-state index in [-0.39, 0.29) is 49.3 Å². The summed E-state index contributed by atoms with van der Waals surface area (Å²) in [6.45, 7) is 12.2. The molecule has 5 aromatic rings. The van der Waals surface area contributed by atoms with Crippen LogP contribution in [0.15, 0.2) is 90.8 Å². The van der Waals surface area contributed by atoms with Gasteiger partial charge in [0.05, 0.1) is 5.76 Å². The number of hydrogen-bond donors (Lipinski definition) is 1. The van der Waals surface area contributed by atoms with Crippen LogP contribution in [0.1, 0.15) is 64.5 Å². The second kappa shape index (κ2) is 16.6. The zero-order valence-electron chi connectivity index (χ0n) is 27.1. The smallest absolute Gasteiger partial charge is 0.162 e. The Morgan fingerprint density at radius 3 is 2.04 bits per heavy atom. The number of allylic oxidation sites excluding steroid dienone is 2. The van der Waals surface area contributed by atoms with E-state index in [9.17, 15) is 9.90 Å². The van der Waals surface area contributed by atoms with Crippen LogP contribution in [0.5, 0.6) is 0 Å². The van der Waals surface area contributed by atoms with Gasteiger partial charge in [-0.2, -0.15) is 0 Å². The number of benzene rings is 4. The summed E-state index contributed by atoms with van der Waals surface area (Å²) in [5.41, 5.74) is 5.60. The third-order valence-corrected chi connectivity index (χ3v) is 8.45. The van der Waals surface area contributed by atoms with Crippen molar-refractivity contribution in [1.29, 1.82) is 0 Å². The maximum Gasteiger partial charge on any atom is 0.162 e. The van der Waals surface area contributed by atoms with Gasteiger partial charge in [0.15, 0.2) is 5.78 Å². The molecule has 4 aromatic carbocycles. The zero-order chi connectivity index (χ0) is 31.8. The molecule has 45 heavy (non-hydrogen) atoms. The number of aliphatic hydroxyl groups excluding tert-OH is 1. The minimum Gasteiger partial charge on any atom is -0.512 e. The Morgan fingerprint density at radius 2 is 1.42 bits per heavy atom. The molecule has 0 saturated heterocycles. The molecule has 0 fully saturated rings. The van der Waals surface area contributed by atoms with Gasteiger partial charge >= 0.3 is 0 Å². The maximum absolute atomic E-state index is 15.4. The number of fused-ring (bicyclic) bond motifs is 3. The number of aliphatic hydroxyl groups is 1. The van der Waals surface area contributed by atoms with Crippen LogP contribution >= 0.6 is 0 Å². The van der Waals surface area contributed by atoms with E-state index in [1.165, 1.54) is 11.6 Å². The standard InChI is InChI=1S/C27H19FN.C13H24O2.Ir/c1-17-14-18(2)16-20(15-17)27-25-11-10-24-22(23(25)12-13-29-27)9-8-21(26(24)28)19-6-4-3-5-7-19;1-5-10(6-2)12(14)9-13(15)11(7-3)8-4;/h3-15H,1-2H3;9-11,14H,5-8H2,1-4H3;/q-1;;. The number of carbonyl (C=O) groups excluding carboxylic acids is 1. The van der Waals surface area contributed by atoms with Crippen molar-refractivity contribution in [3.63, 3.8) is 0 Å². The maximum atomic E-state index is 15.4. The number of carbonyl (C=O) groups is 1. The van der Waals surface area contributed by atoms with Crippen molar-refractivity contribution in [3.05, 3.63) is 114 Å². The molecule has 0 spiro atoms. The Bertz CT molecular complexity index is 1750. The van der Waals surface area contributed by atoms with Gasteiger partial charge in [-0.05, 0) is 59.2 Å².